The Bertz CT molecular complexity index is 1080. The van der Waals surface area contributed by atoms with E-state index in [1.807, 2.05) is 35.7 Å². The SMILES string of the molecule is Nc1ncnc(Nc2nc3scc(-c4ccccc4)n3n2)c1[N+](=O)[O-]. The molecular formula is C14H10N8O2S. The molecule has 1 aromatic carbocycles. The zero-order chi connectivity index (χ0) is 17.4. The number of nitrogens with one attached hydrogen (secondary N) is 1. The normalized spacial score (nSPS) is 10.9. The Kier molecular flexibility index (Phi) is 3.47. The fourth-order valence-electron chi connectivity index (χ4n) is 2.31. The monoisotopic (exact) mass is 354 g/mol. The summed E-state index contributed by atoms with van der Waals surface area (Å²) in [5, 5.41) is 20.2. The Hall–Kier alpha value is -3.60. The van der Waals surface area contributed by atoms with E-state index in [0.29, 0.717) is 4.96 Å². The van der Waals surface area contributed by atoms with E-state index < -0.39 is 10.6 Å². The van der Waals surface area contributed by atoms with Crippen LogP contribution in [0.1, 0.15) is 0 Å². The van der Waals surface area contributed by atoms with Crippen molar-refractivity contribution in [2.45, 2.75) is 0 Å². The fraction of sp³-hybridized carbons (Fsp3) is 0. The Morgan fingerprint density at radius 3 is 2.80 bits per heavy atom. The van der Waals surface area contributed by atoms with Crippen LogP contribution in [0.4, 0.5) is 23.3 Å². The average molecular weight is 354 g/mol. The number of nitro groups is 1. The highest BCUT2D eigenvalue weighted by Crippen LogP contribution is 2.30. The zero-order valence-corrected chi connectivity index (χ0v) is 13.3. The molecule has 4 aromatic rings. The van der Waals surface area contributed by atoms with Gasteiger partial charge in [0.1, 0.15) is 6.33 Å². The lowest BCUT2D eigenvalue weighted by Gasteiger charge is -2.03. The second-order valence-corrected chi connectivity index (χ2v) is 5.79. The van der Waals surface area contributed by atoms with E-state index in [1.54, 1.807) is 4.52 Å². The molecular weight excluding hydrogens is 344 g/mol. The third kappa shape index (κ3) is 2.61. The quantitative estimate of drug-likeness (QED) is 0.421. The lowest BCUT2D eigenvalue weighted by atomic mass is 10.2. The van der Waals surface area contributed by atoms with Gasteiger partial charge in [-0.05, 0) is 0 Å². The molecule has 0 saturated heterocycles. The summed E-state index contributed by atoms with van der Waals surface area (Å²) in [5.41, 5.74) is 7.00. The number of nitrogens with two attached hydrogens (primary N) is 1. The minimum atomic E-state index is -0.647. The Morgan fingerprint density at radius 2 is 2.04 bits per heavy atom. The van der Waals surface area contributed by atoms with E-state index in [2.05, 4.69) is 25.4 Å². The van der Waals surface area contributed by atoms with Crippen LogP contribution >= 0.6 is 11.3 Å². The van der Waals surface area contributed by atoms with Crippen molar-refractivity contribution >= 4 is 39.6 Å². The second kappa shape index (κ2) is 5.79. The fourth-order valence-corrected chi connectivity index (χ4v) is 3.14. The number of hydrogen-bond acceptors (Lipinski definition) is 9. The molecule has 25 heavy (non-hydrogen) atoms. The van der Waals surface area contributed by atoms with Crippen LogP contribution in [0.5, 0.6) is 0 Å². The van der Waals surface area contributed by atoms with Crippen LogP contribution in [0.15, 0.2) is 42.0 Å². The van der Waals surface area contributed by atoms with Gasteiger partial charge in [0.15, 0.2) is 0 Å². The number of hydrogen-bond donors (Lipinski definition) is 2. The van der Waals surface area contributed by atoms with E-state index in [1.165, 1.54) is 11.3 Å². The number of nitrogen functional groups attached to an aromatic ring is 1. The smallest absolute Gasteiger partial charge is 0.353 e. The standard InChI is InChI=1S/C14H10N8O2S/c15-11-10(22(23)24)12(17-7-16-11)18-13-19-14-21(20-13)9(6-25-14)8-4-2-1-3-5-8/h1-7H,(H3,15,16,17,18,20). The van der Waals surface area contributed by atoms with Crippen molar-refractivity contribution in [3.63, 3.8) is 0 Å². The van der Waals surface area contributed by atoms with Crippen molar-refractivity contribution in [2.24, 2.45) is 0 Å². The molecule has 0 unspecified atom stereocenters. The van der Waals surface area contributed by atoms with Gasteiger partial charge in [-0.1, -0.05) is 30.3 Å². The number of benzene rings is 1. The minimum absolute atomic E-state index is 0.0583. The van der Waals surface area contributed by atoms with E-state index >= 15 is 0 Å². The summed E-state index contributed by atoms with van der Waals surface area (Å²) in [4.78, 5) is 23.0. The highest BCUT2D eigenvalue weighted by molar-refractivity contribution is 7.15. The minimum Gasteiger partial charge on any atom is -0.378 e. The Morgan fingerprint density at radius 1 is 1.24 bits per heavy atom. The molecule has 0 aliphatic heterocycles. The number of aromatic nitrogens is 5. The molecule has 10 nitrogen and oxygen atoms in total. The van der Waals surface area contributed by atoms with Gasteiger partial charge in [0.25, 0.3) is 0 Å². The number of nitrogens with zero attached hydrogens (tertiary/aromatic N) is 6. The number of anilines is 3. The van der Waals surface area contributed by atoms with Crippen molar-refractivity contribution in [3.05, 3.63) is 52.2 Å². The van der Waals surface area contributed by atoms with Crippen molar-refractivity contribution in [1.29, 1.82) is 0 Å². The van der Waals surface area contributed by atoms with E-state index in [0.717, 1.165) is 17.6 Å². The molecule has 0 amide bonds. The Labute approximate surface area is 144 Å². The highest BCUT2D eigenvalue weighted by atomic mass is 32.1. The molecule has 0 fully saturated rings. The van der Waals surface area contributed by atoms with E-state index in [-0.39, 0.29) is 17.6 Å². The van der Waals surface area contributed by atoms with Gasteiger partial charge in [-0.3, -0.25) is 10.1 Å². The topological polar surface area (TPSA) is 137 Å². The molecule has 124 valence electrons. The van der Waals surface area contributed by atoms with E-state index in [9.17, 15) is 10.1 Å². The van der Waals surface area contributed by atoms with Gasteiger partial charge in [0.05, 0.1) is 10.6 Å². The molecule has 3 heterocycles. The second-order valence-electron chi connectivity index (χ2n) is 4.95. The summed E-state index contributed by atoms with van der Waals surface area (Å²) in [6.45, 7) is 0. The molecule has 0 atom stereocenters. The molecule has 0 aliphatic carbocycles. The molecule has 4 rings (SSSR count). The first-order chi connectivity index (χ1) is 12.1. The molecule has 0 bridgehead atoms. The maximum absolute atomic E-state index is 11.2. The molecule has 3 aromatic heterocycles. The average Bonchev–Trinajstić information content (AvgIpc) is 3.15. The third-order valence-electron chi connectivity index (χ3n) is 3.41. The van der Waals surface area contributed by atoms with Crippen LogP contribution < -0.4 is 11.1 Å². The number of thiazole rings is 1. The van der Waals surface area contributed by atoms with Gasteiger partial charge >= 0.3 is 5.69 Å². The predicted octanol–water partition coefficient (Wildman–Crippen LogP) is 2.48. The molecule has 0 aliphatic rings. The van der Waals surface area contributed by atoms with Crippen molar-refractivity contribution in [3.8, 4) is 11.3 Å². The first-order valence-electron chi connectivity index (χ1n) is 7.05. The first kappa shape index (κ1) is 15.0. The molecule has 11 heteroatoms. The third-order valence-corrected chi connectivity index (χ3v) is 4.23. The molecule has 0 radical (unpaired) electrons. The lowest BCUT2D eigenvalue weighted by Crippen LogP contribution is -2.05. The highest BCUT2D eigenvalue weighted by Gasteiger charge is 2.22. The lowest BCUT2D eigenvalue weighted by molar-refractivity contribution is -0.383. The summed E-state index contributed by atoms with van der Waals surface area (Å²) in [7, 11) is 0. The van der Waals surface area contributed by atoms with Crippen molar-refractivity contribution < 1.29 is 4.92 Å². The predicted molar refractivity (Wildman–Crippen MR) is 92.7 cm³/mol. The van der Waals surface area contributed by atoms with Crippen molar-refractivity contribution in [1.82, 2.24) is 24.6 Å². The maximum Gasteiger partial charge on any atom is 0.353 e. The van der Waals surface area contributed by atoms with Crippen LogP contribution in [-0.4, -0.2) is 29.5 Å². The zero-order valence-electron chi connectivity index (χ0n) is 12.5. The first-order valence-corrected chi connectivity index (χ1v) is 7.93. The Balaban J connectivity index is 1.74. The van der Waals surface area contributed by atoms with Gasteiger partial charge < -0.3 is 11.1 Å². The van der Waals surface area contributed by atoms with Gasteiger partial charge in [0.2, 0.25) is 22.5 Å². The molecule has 3 N–H and O–H groups in total. The van der Waals surface area contributed by atoms with Gasteiger partial charge in [-0.2, -0.15) is 4.98 Å². The summed E-state index contributed by atoms with van der Waals surface area (Å²) in [6.07, 6.45) is 1.14. The summed E-state index contributed by atoms with van der Waals surface area (Å²) < 4.78 is 1.67. The van der Waals surface area contributed by atoms with Crippen LogP contribution in [0.3, 0.4) is 0 Å². The number of rotatable bonds is 4. The summed E-state index contributed by atoms with van der Waals surface area (Å²) in [5.74, 6) is -0.101. The van der Waals surface area contributed by atoms with Crippen molar-refractivity contribution in [2.75, 3.05) is 11.1 Å². The van der Waals surface area contributed by atoms with E-state index in [4.69, 9.17) is 5.73 Å². The van der Waals surface area contributed by atoms with Crippen LogP contribution in [0, 0.1) is 10.1 Å². The largest absolute Gasteiger partial charge is 0.378 e. The maximum atomic E-state index is 11.2. The summed E-state index contributed by atoms with van der Waals surface area (Å²) >= 11 is 1.41. The molecule has 0 spiro atoms. The number of fused-ring (bicyclic) bond motifs is 1. The van der Waals surface area contributed by atoms with Crippen LogP contribution in [0.25, 0.3) is 16.2 Å². The van der Waals surface area contributed by atoms with Gasteiger partial charge in [-0.15, -0.1) is 16.4 Å². The van der Waals surface area contributed by atoms with Crippen LogP contribution in [0.2, 0.25) is 0 Å². The molecule has 0 saturated carbocycles. The van der Waals surface area contributed by atoms with Crippen LogP contribution in [-0.2, 0) is 0 Å². The van der Waals surface area contributed by atoms with Gasteiger partial charge in [-0.25, -0.2) is 14.5 Å². The summed E-state index contributed by atoms with van der Waals surface area (Å²) in [6, 6.07) is 9.72. The van der Waals surface area contributed by atoms with Gasteiger partial charge in [0, 0.05) is 10.9 Å².